The lowest BCUT2D eigenvalue weighted by molar-refractivity contribution is 0.0326. The number of allylic oxidation sites excluding steroid dienone is 1. The van der Waals surface area contributed by atoms with Gasteiger partial charge in [0.05, 0.1) is 4.90 Å². The molecule has 10 heteroatoms. The lowest BCUT2D eigenvalue weighted by atomic mass is 10.2. The predicted octanol–water partition coefficient (Wildman–Crippen LogP) is 4.70. The van der Waals surface area contributed by atoms with Gasteiger partial charge in [-0.3, -0.25) is 4.90 Å². The van der Waals surface area contributed by atoms with E-state index < -0.39 is 33.4 Å². The van der Waals surface area contributed by atoms with Gasteiger partial charge < -0.3 is 9.47 Å². The van der Waals surface area contributed by atoms with Crippen LogP contribution in [0.15, 0.2) is 41.1 Å². The van der Waals surface area contributed by atoms with Gasteiger partial charge in [-0.25, -0.2) is 18.0 Å². The van der Waals surface area contributed by atoms with Crippen molar-refractivity contribution in [3.8, 4) is 0 Å². The molecule has 0 aliphatic carbocycles. The number of benzene rings is 1. The molecule has 1 saturated heterocycles. The number of carbonyl (C=O) groups excluding carboxylic acids is 2. The molecule has 1 aromatic carbocycles. The quantitative estimate of drug-likeness (QED) is 0.625. The number of thiol groups is 1. The Kier molecular flexibility index (Phi) is 7.61. The van der Waals surface area contributed by atoms with Crippen LogP contribution in [0.2, 0.25) is 0 Å². The molecule has 1 fully saturated rings. The van der Waals surface area contributed by atoms with Crippen LogP contribution in [0.4, 0.5) is 9.59 Å². The van der Waals surface area contributed by atoms with Crippen molar-refractivity contribution in [1.29, 1.82) is 0 Å². The first-order chi connectivity index (χ1) is 14.5. The molecule has 0 aromatic heterocycles. The van der Waals surface area contributed by atoms with Crippen LogP contribution in [0.25, 0.3) is 0 Å². The van der Waals surface area contributed by atoms with Crippen LogP contribution >= 0.6 is 12.6 Å². The van der Waals surface area contributed by atoms with Crippen LogP contribution in [-0.2, 0) is 19.5 Å². The van der Waals surface area contributed by atoms with E-state index in [0.717, 1.165) is 11.8 Å². The maximum atomic E-state index is 13.4. The van der Waals surface area contributed by atoms with Gasteiger partial charge in [0.1, 0.15) is 11.2 Å². The van der Waals surface area contributed by atoms with Crippen molar-refractivity contribution in [2.75, 3.05) is 6.54 Å². The summed E-state index contributed by atoms with van der Waals surface area (Å²) in [4.78, 5) is 26.9. The third-order valence-electron chi connectivity index (χ3n) is 4.22. The van der Waals surface area contributed by atoms with Crippen molar-refractivity contribution in [2.24, 2.45) is 0 Å². The summed E-state index contributed by atoms with van der Waals surface area (Å²) in [6.07, 6.45) is -0.316. The zero-order valence-electron chi connectivity index (χ0n) is 19.6. The molecule has 0 radical (unpaired) electrons. The van der Waals surface area contributed by atoms with E-state index >= 15 is 0 Å². The number of hydrogen-bond donors (Lipinski definition) is 1. The van der Waals surface area contributed by atoms with E-state index in [9.17, 15) is 18.0 Å². The number of amides is 2. The number of rotatable bonds is 3. The minimum absolute atomic E-state index is 0.0740. The van der Waals surface area contributed by atoms with Gasteiger partial charge in [-0.2, -0.15) is 16.9 Å². The number of aryl methyl sites for hydroxylation is 1. The second-order valence-electron chi connectivity index (χ2n) is 9.66. The standard InChI is InChI=1S/C22H32N2O6S2/c1-15-8-10-18(11-9-15)32(27,28)24(20(26)30-22(5,6)7)13-16-12-17(31)14-23(16)19(25)29-21(2,3)4/h8-11,13,17,31H,12,14H2,1-7H3/b16-13+. The fourth-order valence-electron chi connectivity index (χ4n) is 2.86. The fraction of sp³-hybridized carbons (Fsp3) is 0.545. The number of likely N-dealkylation sites (tertiary alicyclic amines) is 1. The first-order valence-electron chi connectivity index (χ1n) is 10.2. The van der Waals surface area contributed by atoms with Crippen LogP contribution in [0, 0.1) is 6.92 Å². The summed E-state index contributed by atoms with van der Waals surface area (Å²) in [7, 11) is -4.30. The summed E-state index contributed by atoms with van der Waals surface area (Å²) in [6.45, 7) is 12.2. The maximum Gasteiger partial charge on any atom is 0.428 e. The minimum atomic E-state index is -4.30. The Bertz CT molecular complexity index is 989. The van der Waals surface area contributed by atoms with Gasteiger partial charge in [0, 0.05) is 30.1 Å². The van der Waals surface area contributed by atoms with Gasteiger partial charge in [-0.05, 0) is 60.6 Å². The Hall–Kier alpha value is -2.20. The molecule has 1 aliphatic rings. The van der Waals surface area contributed by atoms with Crippen molar-refractivity contribution in [1.82, 2.24) is 9.21 Å². The van der Waals surface area contributed by atoms with E-state index in [2.05, 4.69) is 12.6 Å². The Morgan fingerprint density at radius 1 is 1.06 bits per heavy atom. The summed E-state index contributed by atoms with van der Waals surface area (Å²) in [6, 6.07) is 6.11. The molecule has 8 nitrogen and oxygen atoms in total. The molecule has 0 N–H and O–H groups in total. The third kappa shape index (κ3) is 6.90. The Morgan fingerprint density at radius 2 is 1.59 bits per heavy atom. The number of ether oxygens (including phenoxy) is 2. The zero-order chi connectivity index (χ0) is 24.5. The van der Waals surface area contributed by atoms with Gasteiger partial charge in [0.2, 0.25) is 0 Å². The number of hydrogen-bond acceptors (Lipinski definition) is 7. The Balaban J connectivity index is 2.53. The molecule has 1 unspecified atom stereocenters. The molecule has 32 heavy (non-hydrogen) atoms. The van der Waals surface area contributed by atoms with E-state index in [0.29, 0.717) is 10.0 Å². The smallest absolute Gasteiger partial charge is 0.428 e. The van der Waals surface area contributed by atoms with Crippen LogP contribution < -0.4 is 0 Å². The zero-order valence-corrected chi connectivity index (χ0v) is 21.3. The molecule has 2 amide bonds. The average Bonchev–Trinajstić information content (AvgIpc) is 2.97. The molecule has 1 aliphatic heterocycles. The maximum absolute atomic E-state index is 13.4. The molecule has 0 saturated carbocycles. The first kappa shape index (κ1) is 26.1. The van der Waals surface area contributed by atoms with E-state index in [1.54, 1.807) is 53.7 Å². The largest absolute Gasteiger partial charge is 0.443 e. The summed E-state index contributed by atoms with van der Waals surface area (Å²) in [5.41, 5.74) is -0.504. The molecule has 0 bridgehead atoms. The highest BCUT2D eigenvalue weighted by Crippen LogP contribution is 2.30. The normalized spacial score (nSPS) is 18.6. The monoisotopic (exact) mass is 484 g/mol. The molecule has 1 heterocycles. The van der Waals surface area contributed by atoms with Crippen LogP contribution in [0.3, 0.4) is 0 Å². The van der Waals surface area contributed by atoms with Crippen molar-refractivity contribution in [3.05, 3.63) is 41.7 Å². The Morgan fingerprint density at radius 3 is 2.09 bits per heavy atom. The Labute approximate surface area is 196 Å². The lowest BCUT2D eigenvalue weighted by Crippen LogP contribution is -2.39. The van der Waals surface area contributed by atoms with Gasteiger partial charge in [-0.15, -0.1) is 0 Å². The van der Waals surface area contributed by atoms with E-state index in [1.807, 2.05) is 6.92 Å². The molecule has 1 aromatic rings. The highest BCUT2D eigenvalue weighted by Gasteiger charge is 2.37. The van der Waals surface area contributed by atoms with E-state index in [1.165, 1.54) is 17.0 Å². The van der Waals surface area contributed by atoms with Gasteiger partial charge >= 0.3 is 12.2 Å². The summed E-state index contributed by atoms with van der Waals surface area (Å²) >= 11 is 4.44. The van der Waals surface area contributed by atoms with Crippen molar-refractivity contribution in [3.63, 3.8) is 0 Å². The molecule has 178 valence electrons. The second-order valence-corrected chi connectivity index (χ2v) is 12.2. The van der Waals surface area contributed by atoms with E-state index in [4.69, 9.17) is 9.47 Å². The van der Waals surface area contributed by atoms with Gasteiger partial charge in [-0.1, -0.05) is 17.7 Å². The van der Waals surface area contributed by atoms with Crippen LogP contribution in [0.5, 0.6) is 0 Å². The molecular formula is C22H32N2O6S2. The average molecular weight is 485 g/mol. The second kappa shape index (κ2) is 9.35. The van der Waals surface area contributed by atoms with Crippen LogP contribution in [0.1, 0.15) is 53.5 Å². The van der Waals surface area contributed by atoms with Crippen molar-refractivity contribution in [2.45, 2.75) is 76.2 Å². The SMILES string of the molecule is Cc1ccc(S(=O)(=O)N(/C=C2\CC(S)CN2C(=O)OC(C)(C)C)C(=O)OC(C)(C)C)cc1. The number of carbonyl (C=O) groups is 2. The number of nitrogens with zero attached hydrogens (tertiary/aromatic N) is 2. The number of sulfonamides is 1. The summed E-state index contributed by atoms with van der Waals surface area (Å²) in [5, 5.41) is -0.240. The molecule has 1 atom stereocenters. The topological polar surface area (TPSA) is 93.2 Å². The van der Waals surface area contributed by atoms with Gasteiger partial charge in [0.15, 0.2) is 0 Å². The molecular weight excluding hydrogens is 452 g/mol. The summed E-state index contributed by atoms with van der Waals surface area (Å²) in [5.74, 6) is 0. The lowest BCUT2D eigenvalue weighted by Gasteiger charge is -2.28. The highest BCUT2D eigenvalue weighted by atomic mass is 32.2. The molecule has 2 rings (SSSR count). The predicted molar refractivity (Wildman–Crippen MR) is 125 cm³/mol. The minimum Gasteiger partial charge on any atom is -0.443 e. The molecule has 0 spiro atoms. The first-order valence-corrected chi connectivity index (χ1v) is 12.2. The van der Waals surface area contributed by atoms with Crippen molar-refractivity contribution < 1.29 is 27.5 Å². The van der Waals surface area contributed by atoms with Crippen LogP contribution in [-0.4, -0.2) is 52.8 Å². The third-order valence-corrected chi connectivity index (χ3v) is 6.20. The summed E-state index contributed by atoms with van der Waals surface area (Å²) < 4.78 is 38.1. The van der Waals surface area contributed by atoms with Crippen molar-refractivity contribution >= 4 is 34.8 Å². The van der Waals surface area contributed by atoms with Gasteiger partial charge in [0.25, 0.3) is 10.0 Å². The van der Waals surface area contributed by atoms with E-state index in [-0.39, 0.29) is 23.1 Å². The highest BCUT2D eigenvalue weighted by molar-refractivity contribution is 7.89. The fourth-order valence-corrected chi connectivity index (χ4v) is 4.41.